The number of allylic oxidation sites excluding steroid dienone is 1. The Morgan fingerprint density at radius 3 is 2.50 bits per heavy atom. The van der Waals surface area contributed by atoms with E-state index >= 15 is 0 Å². The van der Waals surface area contributed by atoms with E-state index in [1.807, 2.05) is 0 Å². The first-order valence-corrected chi connectivity index (χ1v) is 8.60. The summed E-state index contributed by atoms with van der Waals surface area (Å²) < 4.78 is 0. The second kappa shape index (κ2) is 6.52. The van der Waals surface area contributed by atoms with Crippen molar-refractivity contribution < 1.29 is 0 Å². The van der Waals surface area contributed by atoms with Crippen LogP contribution < -0.4 is 0 Å². The molecule has 0 unspecified atom stereocenters. The minimum absolute atomic E-state index is 0.576. The molecule has 2 aromatic carbocycles. The van der Waals surface area contributed by atoms with Crippen LogP contribution in [0.1, 0.15) is 62.6 Å². The number of rotatable bonds is 5. The Kier molecular flexibility index (Phi) is 4.47. The average Bonchev–Trinajstić information content (AvgIpc) is 2.95. The van der Waals surface area contributed by atoms with Crippen molar-refractivity contribution in [1.82, 2.24) is 0 Å². The standard InChI is InChI=1S/C22H26/c1-4-5-9-17-12-20-14-19(16(2)3)15-22(21(20)13-17)18-10-7-6-8-11-18/h6-8,10-11,13-16H,4-5,9,12H2,1-3H3. The predicted octanol–water partition coefficient (Wildman–Crippen LogP) is 6.61. The summed E-state index contributed by atoms with van der Waals surface area (Å²) in [5.41, 5.74) is 8.80. The Morgan fingerprint density at radius 2 is 1.82 bits per heavy atom. The normalized spacial score (nSPS) is 13.4. The van der Waals surface area contributed by atoms with Gasteiger partial charge in [-0.15, -0.1) is 0 Å². The van der Waals surface area contributed by atoms with Crippen LogP contribution in [0.3, 0.4) is 0 Å². The largest absolute Gasteiger partial charge is 0.0654 e. The van der Waals surface area contributed by atoms with Gasteiger partial charge in [0.05, 0.1) is 0 Å². The zero-order chi connectivity index (χ0) is 15.5. The highest BCUT2D eigenvalue weighted by Crippen LogP contribution is 2.38. The van der Waals surface area contributed by atoms with Crippen LogP contribution in [-0.2, 0) is 6.42 Å². The molecule has 3 rings (SSSR count). The van der Waals surface area contributed by atoms with E-state index < -0.39 is 0 Å². The SMILES string of the molecule is CCCCC1=Cc2c(cc(C(C)C)cc2-c2ccccc2)C1. The molecule has 22 heavy (non-hydrogen) atoms. The molecule has 0 nitrogen and oxygen atoms in total. The van der Waals surface area contributed by atoms with Gasteiger partial charge >= 0.3 is 0 Å². The summed E-state index contributed by atoms with van der Waals surface area (Å²) in [4.78, 5) is 0. The molecule has 0 heteroatoms. The Bertz CT molecular complexity index is 675. The highest BCUT2D eigenvalue weighted by molar-refractivity contribution is 5.81. The molecule has 1 aliphatic carbocycles. The van der Waals surface area contributed by atoms with Gasteiger partial charge in [-0.2, -0.15) is 0 Å². The zero-order valence-corrected chi connectivity index (χ0v) is 14.0. The molecule has 0 saturated heterocycles. The second-order valence-electron chi connectivity index (χ2n) is 6.74. The maximum Gasteiger partial charge on any atom is -0.00575 e. The molecule has 0 N–H and O–H groups in total. The quantitative estimate of drug-likeness (QED) is 0.581. The van der Waals surface area contributed by atoms with Crippen LogP contribution in [0.15, 0.2) is 48.0 Å². The van der Waals surface area contributed by atoms with Crippen molar-refractivity contribution >= 4 is 6.08 Å². The molecule has 0 spiro atoms. The van der Waals surface area contributed by atoms with E-state index in [1.54, 1.807) is 5.57 Å². The molecule has 0 heterocycles. The number of unbranched alkanes of at least 4 members (excludes halogenated alkanes) is 1. The minimum atomic E-state index is 0.576. The highest BCUT2D eigenvalue weighted by atomic mass is 14.2. The maximum atomic E-state index is 2.46. The summed E-state index contributed by atoms with van der Waals surface area (Å²) >= 11 is 0. The van der Waals surface area contributed by atoms with Crippen molar-refractivity contribution in [2.24, 2.45) is 0 Å². The van der Waals surface area contributed by atoms with Gasteiger partial charge in [0.1, 0.15) is 0 Å². The van der Waals surface area contributed by atoms with Gasteiger partial charge in [-0.3, -0.25) is 0 Å². The zero-order valence-electron chi connectivity index (χ0n) is 14.0. The topological polar surface area (TPSA) is 0 Å². The van der Waals surface area contributed by atoms with Crippen LogP contribution in [0.4, 0.5) is 0 Å². The van der Waals surface area contributed by atoms with Crippen LogP contribution in [0.25, 0.3) is 17.2 Å². The van der Waals surface area contributed by atoms with Crippen LogP contribution >= 0.6 is 0 Å². The Hall–Kier alpha value is -1.82. The fourth-order valence-electron chi connectivity index (χ4n) is 3.31. The third kappa shape index (κ3) is 3.02. The van der Waals surface area contributed by atoms with Gasteiger partial charge in [0.15, 0.2) is 0 Å². The Morgan fingerprint density at radius 1 is 1.05 bits per heavy atom. The van der Waals surface area contributed by atoms with Crippen molar-refractivity contribution in [2.45, 2.75) is 52.4 Å². The first-order valence-electron chi connectivity index (χ1n) is 8.60. The molecule has 0 bridgehead atoms. The van der Waals surface area contributed by atoms with E-state index in [2.05, 4.69) is 69.3 Å². The molecule has 0 fully saturated rings. The number of hydrogen-bond donors (Lipinski definition) is 0. The molecule has 0 saturated carbocycles. The maximum absolute atomic E-state index is 2.46. The highest BCUT2D eigenvalue weighted by Gasteiger charge is 2.18. The van der Waals surface area contributed by atoms with Gasteiger partial charge in [0, 0.05) is 0 Å². The molecule has 0 amide bonds. The van der Waals surface area contributed by atoms with Gasteiger partial charge in [-0.1, -0.05) is 81.3 Å². The Balaban J connectivity index is 2.06. The van der Waals surface area contributed by atoms with Gasteiger partial charge < -0.3 is 0 Å². The molecule has 114 valence electrons. The molecule has 2 aromatic rings. The fourth-order valence-corrected chi connectivity index (χ4v) is 3.31. The molecular formula is C22H26. The lowest BCUT2D eigenvalue weighted by atomic mass is 9.91. The van der Waals surface area contributed by atoms with Gasteiger partial charge in [0.25, 0.3) is 0 Å². The van der Waals surface area contributed by atoms with Crippen LogP contribution in [0, 0.1) is 0 Å². The third-order valence-electron chi connectivity index (χ3n) is 4.66. The van der Waals surface area contributed by atoms with E-state index in [0.717, 1.165) is 6.42 Å². The van der Waals surface area contributed by atoms with E-state index in [9.17, 15) is 0 Å². The molecule has 0 aliphatic heterocycles. The first kappa shape index (κ1) is 15.1. The van der Waals surface area contributed by atoms with Crippen LogP contribution in [0.2, 0.25) is 0 Å². The van der Waals surface area contributed by atoms with E-state index in [1.165, 1.54) is 47.1 Å². The number of benzene rings is 2. The smallest absolute Gasteiger partial charge is 0.00575 e. The van der Waals surface area contributed by atoms with E-state index in [0.29, 0.717) is 5.92 Å². The molecule has 0 radical (unpaired) electrons. The predicted molar refractivity (Wildman–Crippen MR) is 97.2 cm³/mol. The average molecular weight is 290 g/mol. The van der Waals surface area contributed by atoms with Crippen molar-refractivity contribution in [1.29, 1.82) is 0 Å². The van der Waals surface area contributed by atoms with Gasteiger partial charge in [0.2, 0.25) is 0 Å². The summed E-state index contributed by atoms with van der Waals surface area (Å²) in [7, 11) is 0. The third-order valence-corrected chi connectivity index (χ3v) is 4.66. The molecule has 1 aliphatic rings. The van der Waals surface area contributed by atoms with E-state index in [4.69, 9.17) is 0 Å². The summed E-state index contributed by atoms with van der Waals surface area (Å²) in [6.45, 7) is 6.85. The second-order valence-corrected chi connectivity index (χ2v) is 6.74. The van der Waals surface area contributed by atoms with E-state index in [-0.39, 0.29) is 0 Å². The van der Waals surface area contributed by atoms with Crippen LogP contribution in [-0.4, -0.2) is 0 Å². The summed E-state index contributed by atoms with van der Waals surface area (Å²) in [6.07, 6.45) is 7.43. The lowest BCUT2D eigenvalue weighted by molar-refractivity contribution is 0.779. The van der Waals surface area contributed by atoms with Crippen LogP contribution in [0.5, 0.6) is 0 Å². The lowest BCUT2D eigenvalue weighted by Gasteiger charge is -2.14. The van der Waals surface area contributed by atoms with Gasteiger partial charge in [-0.05, 0) is 53.0 Å². The monoisotopic (exact) mass is 290 g/mol. The van der Waals surface area contributed by atoms with Crippen molar-refractivity contribution in [2.75, 3.05) is 0 Å². The Labute approximate surface area is 134 Å². The lowest BCUT2D eigenvalue weighted by Crippen LogP contribution is -1.95. The first-order chi connectivity index (χ1) is 10.7. The number of hydrogen-bond acceptors (Lipinski definition) is 0. The summed E-state index contributed by atoms with van der Waals surface area (Å²) in [5.74, 6) is 0.576. The van der Waals surface area contributed by atoms with Gasteiger partial charge in [-0.25, -0.2) is 0 Å². The van der Waals surface area contributed by atoms with Crippen molar-refractivity contribution in [3.8, 4) is 11.1 Å². The summed E-state index contributed by atoms with van der Waals surface area (Å²) in [6, 6.07) is 15.7. The molecular weight excluding hydrogens is 264 g/mol. The van der Waals surface area contributed by atoms with Crippen molar-refractivity contribution in [3.05, 3.63) is 64.7 Å². The number of fused-ring (bicyclic) bond motifs is 1. The fraction of sp³-hybridized carbons (Fsp3) is 0.364. The summed E-state index contributed by atoms with van der Waals surface area (Å²) in [5, 5.41) is 0. The molecule has 0 aromatic heterocycles. The molecule has 0 atom stereocenters. The van der Waals surface area contributed by atoms with Crippen molar-refractivity contribution in [3.63, 3.8) is 0 Å². The minimum Gasteiger partial charge on any atom is -0.0654 e.